The van der Waals surface area contributed by atoms with Gasteiger partial charge in [-0.15, -0.1) is 0 Å². The van der Waals surface area contributed by atoms with Gasteiger partial charge in [-0.05, 0) is 73.9 Å². The Morgan fingerprint density at radius 2 is 1.70 bits per heavy atom. The largest absolute Gasteiger partial charge is 0.339 e. The van der Waals surface area contributed by atoms with Crippen LogP contribution in [0.3, 0.4) is 0 Å². The summed E-state index contributed by atoms with van der Waals surface area (Å²) in [5.41, 5.74) is 6.30. The second-order valence-electron chi connectivity index (χ2n) is 9.57. The minimum atomic E-state index is 0.132. The number of nitrogens with zero attached hydrogens (tertiary/aromatic N) is 4. The number of aryl methyl sites for hydroxylation is 1. The Bertz CT molecular complexity index is 1310. The highest BCUT2D eigenvalue weighted by atomic mass is 16.2. The first-order valence-corrected chi connectivity index (χ1v) is 12.2. The number of rotatable bonds is 5. The van der Waals surface area contributed by atoms with Crippen LogP contribution in [0.2, 0.25) is 0 Å². The summed E-state index contributed by atoms with van der Waals surface area (Å²) < 4.78 is 4.60. The monoisotopic (exact) mass is 438 g/mol. The average Bonchev–Trinajstić information content (AvgIpc) is 3.50. The third kappa shape index (κ3) is 3.75. The molecule has 2 fully saturated rings. The summed E-state index contributed by atoms with van der Waals surface area (Å²) in [5.74, 6) is 1.84. The highest BCUT2D eigenvalue weighted by molar-refractivity contribution is 5.98. The molecule has 5 nitrogen and oxygen atoms in total. The van der Waals surface area contributed by atoms with E-state index in [0.29, 0.717) is 0 Å². The number of imidazole rings is 1. The maximum absolute atomic E-state index is 13.0. The van der Waals surface area contributed by atoms with Crippen molar-refractivity contribution >= 4 is 16.9 Å². The molecule has 2 aromatic heterocycles. The maximum Gasteiger partial charge on any atom is 0.253 e. The van der Waals surface area contributed by atoms with E-state index in [1.165, 1.54) is 30.5 Å². The summed E-state index contributed by atoms with van der Waals surface area (Å²) in [7, 11) is 2.08. The molecule has 0 unspecified atom stereocenters. The lowest BCUT2D eigenvalue weighted by Gasteiger charge is -2.26. The smallest absolute Gasteiger partial charge is 0.253 e. The van der Waals surface area contributed by atoms with Crippen molar-refractivity contribution < 1.29 is 4.79 Å². The molecule has 1 saturated heterocycles. The molecule has 5 heteroatoms. The molecule has 1 aliphatic carbocycles. The fraction of sp³-hybridized carbons (Fsp3) is 0.357. The molecular weight excluding hydrogens is 408 g/mol. The van der Waals surface area contributed by atoms with Crippen LogP contribution in [-0.2, 0) is 13.6 Å². The third-order valence-electron chi connectivity index (χ3n) is 7.19. The average molecular weight is 439 g/mol. The predicted octanol–water partition coefficient (Wildman–Crippen LogP) is 5.74. The Balaban J connectivity index is 1.40. The molecule has 3 heterocycles. The molecule has 1 saturated carbocycles. The van der Waals surface area contributed by atoms with E-state index in [1.807, 2.05) is 17.0 Å². The van der Waals surface area contributed by atoms with Crippen molar-refractivity contribution in [3.63, 3.8) is 0 Å². The van der Waals surface area contributed by atoms with Gasteiger partial charge in [0.25, 0.3) is 5.91 Å². The molecule has 0 spiro atoms. The number of hydrogen-bond donors (Lipinski definition) is 0. The molecule has 2 aliphatic rings. The van der Waals surface area contributed by atoms with Gasteiger partial charge in [0.15, 0.2) is 5.82 Å². The van der Waals surface area contributed by atoms with Crippen molar-refractivity contribution in [3.8, 4) is 22.8 Å². The van der Waals surface area contributed by atoms with Crippen LogP contribution >= 0.6 is 0 Å². The number of benzene rings is 2. The lowest BCUT2D eigenvalue weighted by Crippen LogP contribution is -2.35. The lowest BCUT2D eigenvalue weighted by molar-refractivity contribution is 0.0724. The quantitative estimate of drug-likeness (QED) is 0.398. The summed E-state index contributed by atoms with van der Waals surface area (Å²) in [6.45, 7) is 2.75. The minimum absolute atomic E-state index is 0.132. The van der Waals surface area contributed by atoms with Crippen LogP contribution in [-0.4, -0.2) is 38.0 Å². The van der Waals surface area contributed by atoms with Gasteiger partial charge < -0.3 is 14.0 Å². The fourth-order valence-electron chi connectivity index (χ4n) is 5.12. The molecule has 0 radical (unpaired) electrons. The Morgan fingerprint density at radius 3 is 2.45 bits per heavy atom. The van der Waals surface area contributed by atoms with Crippen LogP contribution < -0.4 is 0 Å². The first kappa shape index (κ1) is 20.3. The number of carbonyl (C=O) groups excluding carboxylic acids is 1. The van der Waals surface area contributed by atoms with E-state index >= 15 is 0 Å². The number of fused-ring (bicyclic) bond motifs is 1. The zero-order valence-electron chi connectivity index (χ0n) is 19.2. The molecule has 0 atom stereocenters. The summed E-state index contributed by atoms with van der Waals surface area (Å²) >= 11 is 0. The number of amides is 1. The van der Waals surface area contributed by atoms with Crippen molar-refractivity contribution in [2.45, 2.75) is 38.6 Å². The molecule has 33 heavy (non-hydrogen) atoms. The van der Waals surface area contributed by atoms with Gasteiger partial charge in [0.1, 0.15) is 0 Å². The number of likely N-dealkylation sites (tertiary alicyclic amines) is 1. The van der Waals surface area contributed by atoms with Crippen molar-refractivity contribution in [3.05, 3.63) is 66.2 Å². The zero-order chi connectivity index (χ0) is 22.4. The highest BCUT2D eigenvalue weighted by Crippen LogP contribution is 2.37. The third-order valence-corrected chi connectivity index (χ3v) is 7.19. The minimum Gasteiger partial charge on any atom is -0.339 e. The highest BCUT2D eigenvalue weighted by Gasteiger charge is 2.26. The van der Waals surface area contributed by atoms with Crippen LogP contribution in [0.15, 0.2) is 60.7 Å². The summed E-state index contributed by atoms with van der Waals surface area (Å²) in [6, 6.07) is 21.0. The van der Waals surface area contributed by atoms with E-state index in [4.69, 9.17) is 4.98 Å². The Labute approximate surface area is 194 Å². The van der Waals surface area contributed by atoms with E-state index in [9.17, 15) is 4.79 Å². The standard InChI is InChI=1S/C28H30N4O/c1-30-25-13-12-22(28(33)31-16-6-3-7-17-31)18-23(25)29-27(30)26-15-14-24(21-8-4-2-5-9-21)32(26)19-20-10-11-20/h2,4-5,8-9,12-15,18,20H,3,6-7,10-11,16-17,19H2,1H3. The summed E-state index contributed by atoms with van der Waals surface area (Å²) in [5, 5.41) is 0. The summed E-state index contributed by atoms with van der Waals surface area (Å²) in [6.07, 6.45) is 6.03. The molecule has 1 aliphatic heterocycles. The van der Waals surface area contributed by atoms with Crippen LogP contribution in [0.25, 0.3) is 33.8 Å². The molecule has 6 rings (SSSR count). The molecule has 4 aromatic rings. The van der Waals surface area contributed by atoms with Gasteiger partial charge >= 0.3 is 0 Å². The van der Waals surface area contributed by atoms with Gasteiger partial charge in [0, 0.05) is 37.9 Å². The van der Waals surface area contributed by atoms with Crippen LogP contribution in [0.4, 0.5) is 0 Å². The van der Waals surface area contributed by atoms with E-state index < -0.39 is 0 Å². The van der Waals surface area contributed by atoms with Crippen LogP contribution in [0.1, 0.15) is 42.5 Å². The van der Waals surface area contributed by atoms with Crippen LogP contribution in [0.5, 0.6) is 0 Å². The topological polar surface area (TPSA) is 43.1 Å². The van der Waals surface area contributed by atoms with Gasteiger partial charge in [0.2, 0.25) is 0 Å². The van der Waals surface area contributed by atoms with E-state index in [2.05, 4.69) is 64.7 Å². The zero-order valence-corrected chi connectivity index (χ0v) is 19.2. The lowest BCUT2D eigenvalue weighted by atomic mass is 10.1. The normalized spacial score (nSPS) is 16.5. The molecule has 0 bridgehead atoms. The van der Waals surface area contributed by atoms with Gasteiger partial charge in [-0.1, -0.05) is 30.3 Å². The second kappa shape index (κ2) is 8.22. The molecule has 2 aromatic carbocycles. The SMILES string of the molecule is Cn1c(-c2ccc(-c3ccccc3)n2CC2CC2)nc2cc(C(=O)N3CCCCC3)ccc21. The van der Waals surface area contributed by atoms with Crippen molar-refractivity contribution in [2.24, 2.45) is 13.0 Å². The molecular formula is C28H30N4O. The van der Waals surface area contributed by atoms with Crippen LogP contribution in [0, 0.1) is 5.92 Å². The molecule has 1 amide bonds. The van der Waals surface area contributed by atoms with Gasteiger partial charge in [-0.25, -0.2) is 4.98 Å². The van der Waals surface area contributed by atoms with Crippen molar-refractivity contribution in [2.75, 3.05) is 13.1 Å². The first-order chi connectivity index (χ1) is 16.2. The Kier molecular flexibility index (Phi) is 5.05. The van der Waals surface area contributed by atoms with E-state index in [0.717, 1.165) is 66.5 Å². The van der Waals surface area contributed by atoms with E-state index in [1.54, 1.807) is 0 Å². The van der Waals surface area contributed by atoms with Crippen molar-refractivity contribution in [1.29, 1.82) is 0 Å². The first-order valence-electron chi connectivity index (χ1n) is 12.2. The Hall–Kier alpha value is -3.34. The number of hydrogen-bond acceptors (Lipinski definition) is 2. The fourth-order valence-corrected chi connectivity index (χ4v) is 5.12. The number of aromatic nitrogens is 3. The number of piperidine rings is 1. The molecule has 0 N–H and O–H groups in total. The molecule has 168 valence electrons. The van der Waals surface area contributed by atoms with E-state index in [-0.39, 0.29) is 5.91 Å². The van der Waals surface area contributed by atoms with Crippen molar-refractivity contribution in [1.82, 2.24) is 19.0 Å². The van der Waals surface area contributed by atoms with Gasteiger partial charge in [-0.3, -0.25) is 4.79 Å². The maximum atomic E-state index is 13.0. The Morgan fingerprint density at radius 1 is 0.939 bits per heavy atom. The number of carbonyl (C=O) groups is 1. The summed E-state index contributed by atoms with van der Waals surface area (Å²) in [4.78, 5) is 20.1. The van der Waals surface area contributed by atoms with Gasteiger partial charge in [-0.2, -0.15) is 0 Å². The van der Waals surface area contributed by atoms with Gasteiger partial charge in [0.05, 0.1) is 16.7 Å². The predicted molar refractivity (Wildman–Crippen MR) is 132 cm³/mol. The second-order valence-corrected chi connectivity index (χ2v) is 9.57.